The zero-order chi connectivity index (χ0) is 27.9. The molecule has 2 heterocycles. The molecular formula is C28H44N4O6. The lowest BCUT2D eigenvalue weighted by Gasteiger charge is -2.31. The molecule has 38 heavy (non-hydrogen) atoms. The van der Waals surface area contributed by atoms with Crippen LogP contribution < -0.4 is 20.5 Å². The Kier molecular flexibility index (Phi) is 10.6. The summed E-state index contributed by atoms with van der Waals surface area (Å²) in [5.74, 6) is 1.15. The first kappa shape index (κ1) is 29.9. The van der Waals surface area contributed by atoms with Crippen LogP contribution in [0.25, 0.3) is 0 Å². The van der Waals surface area contributed by atoms with Crippen LogP contribution in [0.1, 0.15) is 75.3 Å². The third-order valence-corrected chi connectivity index (χ3v) is 6.91. The van der Waals surface area contributed by atoms with Gasteiger partial charge in [0.2, 0.25) is 18.1 Å². The standard InChI is InChI=1S/C28H44N4O6/c1-17(2)25-23(26(32-31-25)38-24-14-20(34)13-22(15-33)37-24)12-19-7-8-21(11-18(19)3)36-10-6-9-30-16-28(4,5)27(29)35/h7-8,11,17,20,22,24,30,33-34H,6,9-10,12-16H2,1-5H3,(H2,29,35)(H,31,32)/t20-,22-,24-/m0/s1. The number of rotatable bonds is 14. The van der Waals surface area contributed by atoms with Crippen molar-refractivity contribution in [3.8, 4) is 11.6 Å². The molecule has 0 saturated carbocycles. The predicted molar refractivity (Wildman–Crippen MR) is 144 cm³/mol. The average Bonchev–Trinajstić information content (AvgIpc) is 3.24. The Bertz CT molecular complexity index is 1050. The molecule has 10 heteroatoms. The Morgan fingerprint density at radius 3 is 2.76 bits per heavy atom. The van der Waals surface area contributed by atoms with E-state index in [2.05, 4.69) is 42.4 Å². The van der Waals surface area contributed by atoms with Crippen LogP contribution in [0.2, 0.25) is 0 Å². The Morgan fingerprint density at radius 2 is 2.11 bits per heavy atom. The number of ether oxygens (including phenoxy) is 3. The van der Waals surface area contributed by atoms with Crippen molar-refractivity contribution < 1.29 is 29.2 Å². The second-order valence-electron chi connectivity index (χ2n) is 11.1. The zero-order valence-corrected chi connectivity index (χ0v) is 23.3. The highest BCUT2D eigenvalue weighted by molar-refractivity contribution is 5.80. The molecule has 1 aromatic heterocycles. The molecule has 0 radical (unpaired) electrons. The fourth-order valence-electron chi connectivity index (χ4n) is 4.39. The van der Waals surface area contributed by atoms with Crippen LogP contribution in [0.5, 0.6) is 11.6 Å². The molecule has 1 amide bonds. The number of nitrogens with zero attached hydrogens (tertiary/aromatic N) is 1. The largest absolute Gasteiger partial charge is 0.494 e. The molecule has 0 spiro atoms. The first-order chi connectivity index (χ1) is 18.0. The number of aromatic amines is 1. The highest BCUT2D eigenvalue weighted by atomic mass is 16.7. The third kappa shape index (κ3) is 8.17. The fourth-order valence-corrected chi connectivity index (χ4v) is 4.39. The summed E-state index contributed by atoms with van der Waals surface area (Å²) in [7, 11) is 0. The molecule has 1 fully saturated rings. The molecule has 0 bridgehead atoms. The van der Waals surface area contributed by atoms with E-state index in [0.29, 0.717) is 38.3 Å². The predicted octanol–water partition coefficient (Wildman–Crippen LogP) is 2.54. The van der Waals surface area contributed by atoms with E-state index in [1.807, 2.05) is 26.0 Å². The maximum absolute atomic E-state index is 11.4. The van der Waals surface area contributed by atoms with Crippen LogP contribution in [0, 0.1) is 12.3 Å². The van der Waals surface area contributed by atoms with Crippen molar-refractivity contribution in [2.75, 3.05) is 26.3 Å². The average molecular weight is 533 g/mol. The van der Waals surface area contributed by atoms with Gasteiger partial charge in [-0.15, -0.1) is 5.10 Å². The topological polar surface area (TPSA) is 152 Å². The van der Waals surface area contributed by atoms with Gasteiger partial charge in [-0.05, 0) is 62.9 Å². The van der Waals surface area contributed by atoms with Gasteiger partial charge in [0.1, 0.15) is 5.75 Å². The van der Waals surface area contributed by atoms with E-state index < -0.39 is 23.9 Å². The summed E-state index contributed by atoms with van der Waals surface area (Å²) in [6.45, 7) is 11.5. The van der Waals surface area contributed by atoms with Gasteiger partial charge in [0, 0.05) is 37.1 Å². The number of H-pyrrole nitrogens is 1. The van der Waals surface area contributed by atoms with Crippen molar-refractivity contribution in [3.05, 3.63) is 40.6 Å². The molecule has 0 aliphatic carbocycles. The van der Waals surface area contributed by atoms with E-state index in [1.165, 1.54) is 0 Å². The molecule has 0 unspecified atom stereocenters. The molecule has 1 aliphatic heterocycles. The van der Waals surface area contributed by atoms with Gasteiger partial charge in [-0.25, -0.2) is 0 Å². The van der Waals surface area contributed by atoms with Gasteiger partial charge in [-0.3, -0.25) is 9.89 Å². The summed E-state index contributed by atoms with van der Waals surface area (Å²) >= 11 is 0. The molecule has 1 aromatic carbocycles. The zero-order valence-electron chi connectivity index (χ0n) is 23.3. The first-order valence-corrected chi connectivity index (χ1v) is 13.4. The van der Waals surface area contributed by atoms with E-state index in [0.717, 1.165) is 41.1 Å². The van der Waals surface area contributed by atoms with E-state index in [1.54, 1.807) is 0 Å². The highest BCUT2D eigenvalue weighted by Gasteiger charge is 2.31. The van der Waals surface area contributed by atoms with E-state index >= 15 is 0 Å². The monoisotopic (exact) mass is 532 g/mol. The molecular weight excluding hydrogens is 488 g/mol. The number of primary amides is 1. The third-order valence-electron chi connectivity index (χ3n) is 6.91. The minimum atomic E-state index is -0.675. The lowest BCUT2D eigenvalue weighted by molar-refractivity contribution is -0.186. The summed E-state index contributed by atoms with van der Waals surface area (Å²) in [6, 6.07) is 6.05. The van der Waals surface area contributed by atoms with Crippen LogP contribution in [0.15, 0.2) is 18.2 Å². The van der Waals surface area contributed by atoms with Crippen LogP contribution in [0.4, 0.5) is 0 Å². The van der Waals surface area contributed by atoms with Crippen LogP contribution in [-0.4, -0.2) is 71.1 Å². The second-order valence-corrected chi connectivity index (χ2v) is 11.1. The number of aliphatic hydroxyl groups excluding tert-OH is 2. The van der Waals surface area contributed by atoms with Gasteiger partial charge in [0.15, 0.2) is 0 Å². The Morgan fingerprint density at radius 1 is 1.34 bits per heavy atom. The number of aromatic nitrogens is 2. The molecule has 212 valence electrons. The minimum absolute atomic E-state index is 0.167. The second kappa shape index (κ2) is 13.4. The lowest BCUT2D eigenvalue weighted by Crippen LogP contribution is -2.40. The van der Waals surface area contributed by atoms with E-state index in [-0.39, 0.29) is 18.4 Å². The van der Waals surface area contributed by atoms with Crippen LogP contribution >= 0.6 is 0 Å². The molecule has 3 atom stereocenters. The number of nitrogens with two attached hydrogens (primary N) is 1. The molecule has 2 aromatic rings. The van der Waals surface area contributed by atoms with Gasteiger partial charge in [0.05, 0.1) is 30.8 Å². The number of aryl methyl sites for hydroxylation is 1. The highest BCUT2D eigenvalue weighted by Crippen LogP contribution is 2.32. The molecule has 6 N–H and O–H groups in total. The Balaban J connectivity index is 1.59. The van der Waals surface area contributed by atoms with Gasteiger partial charge in [-0.2, -0.15) is 0 Å². The maximum atomic E-state index is 11.4. The van der Waals surface area contributed by atoms with Gasteiger partial charge >= 0.3 is 0 Å². The normalized spacial score (nSPS) is 20.1. The maximum Gasteiger partial charge on any atom is 0.238 e. The lowest BCUT2D eigenvalue weighted by atomic mass is 9.93. The van der Waals surface area contributed by atoms with Crippen molar-refractivity contribution in [1.29, 1.82) is 0 Å². The Labute approximate surface area is 225 Å². The summed E-state index contributed by atoms with van der Waals surface area (Å²) in [5.41, 5.74) is 8.99. The van der Waals surface area contributed by atoms with Crippen molar-refractivity contribution in [3.63, 3.8) is 0 Å². The van der Waals surface area contributed by atoms with Crippen LogP contribution in [-0.2, 0) is 16.0 Å². The summed E-state index contributed by atoms with van der Waals surface area (Å²) in [4.78, 5) is 11.4. The molecule has 1 saturated heterocycles. The van der Waals surface area contributed by atoms with Gasteiger partial charge in [-0.1, -0.05) is 19.9 Å². The van der Waals surface area contributed by atoms with Gasteiger partial charge in [0.25, 0.3) is 0 Å². The number of benzene rings is 1. The summed E-state index contributed by atoms with van der Waals surface area (Å²) in [6.07, 6.45) is 0.406. The number of carbonyl (C=O) groups excluding carboxylic acids is 1. The van der Waals surface area contributed by atoms with Crippen LogP contribution in [0.3, 0.4) is 0 Å². The molecule has 10 nitrogen and oxygen atoms in total. The van der Waals surface area contributed by atoms with Crippen molar-refractivity contribution in [2.45, 2.75) is 84.7 Å². The number of aliphatic hydroxyl groups is 2. The SMILES string of the molecule is Cc1cc(OCCCNCC(C)(C)C(N)=O)ccc1Cc1c(O[C@H]2C[C@@H](O)C[C@@H](CO)O2)n[nH]c1C(C)C. The number of amides is 1. The van der Waals surface area contributed by atoms with Gasteiger partial charge < -0.3 is 35.5 Å². The number of hydrogen-bond donors (Lipinski definition) is 5. The smallest absolute Gasteiger partial charge is 0.238 e. The Hall–Kier alpha value is -2.66. The summed E-state index contributed by atoms with van der Waals surface area (Å²) < 4.78 is 17.8. The summed E-state index contributed by atoms with van der Waals surface area (Å²) in [5, 5.41) is 30.4. The minimum Gasteiger partial charge on any atom is -0.494 e. The quantitative estimate of drug-likeness (QED) is 0.233. The van der Waals surface area contributed by atoms with Crippen molar-refractivity contribution >= 4 is 5.91 Å². The van der Waals surface area contributed by atoms with E-state index in [9.17, 15) is 15.0 Å². The number of carbonyl (C=O) groups is 1. The first-order valence-electron chi connectivity index (χ1n) is 13.4. The van der Waals surface area contributed by atoms with Crippen molar-refractivity contribution in [2.24, 2.45) is 11.1 Å². The fraction of sp³-hybridized carbons (Fsp3) is 0.643. The number of nitrogens with one attached hydrogen (secondary N) is 2. The van der Waals surface area contributed by atoms with Crippen molar-refractivity contribution in [1.82, 2.24) is 15.5 Å². The van der Waals surface area contributed by atoms with E-state index in [4.69, 9.17) is 19.9 Å². The molecule has 3 rings (SSSR count). The molecule has 1 aliphatic rings. The number of hydrogen-bond acceptors (Lipinski definition) is 8.